The number of benzene rings is 2. The van der Waals surface area contributed by atoms with E-state index in [0.29, 0.717) is 10.2 Å². The quantitative estimate of drug-likeness (QED) is 0.680. The normalized spacial score (nSPS) is 10.9. The number of hydrogen-bond donors (Lipinski definition) is 2. The number of aromatic nitrogens is 2. The third-order valence-electron chi connectivity index (χ3n) is 3.26. The van der Waals surface area contributed by atoms with Crippen molar-refractivity contribution in [3.63, 3.8) is 0 Å². The smallest absolute Gasteiger partial charge is 0.313 e. The van der Waals surface area contributed by atoms with Crippen molar-refractivity contribution in [2.24, 2.45) is 0 Å². The van der Waals surface area contributed by atoms with E-state index in [1.54, 1.807) is 13.2 Å². The summed E-state index contributed by atoms with van der Waals surface area (Å²) in [7, 11) is 1.61. The number of methoxy groups -OCH3 is 1. The number of fused-ring (bicyclic) bond motifs is 1. The van der Waals surface area contributed by atoms with E-state index in [-0.39, 0.29) is 5.75 Å². The van der Waals surface area contributed by atoms with Crippen molar-refractivity contribution in [3.05, 3.63) is 41.4 Å². The molecule has 118 valence electrons. The lowest BCUT2D eigenvalue weighted by Gasteiger charge is -2.06. The number of halogens is 1. The second-order valence-electron chi connectivity index (χ2n) is 4.81. The fourth-order valence-electron chi connectivity index (χ4n) is 2.22. The Morgan fingerprint density at radius 2 is 2.22 bits per heavy atom. The SMILES string of the molecule is COc1cccc(-c2cc3nc(SCC(=O)O)[nH]c3cc2Cl)c1. The van der Waals surface area contributed by atoms with Crippen LogP contribution in [0.1, 0.15) is 0 Å². The van der Waals surface area contributed by atoms with Crippen molar-refractivity contribution >= 4 is 40.4 Å². The highest BCUT2D eigenvalue weighted by Crippen LogP contribution is 2.33. The van der Waals surface area contributed by atoms with Crippen molar-refractivity contribution in [1.82, 2.24) is 9.97 Å². The molecule has 0 spiro atoms. The number of carbonyl (C=O) groups is 1. The highest BCUT2D eigenvalue weighted by Gasteiger charge is 2.11. The van der Waals surface area contributed by atoms with Gasteiger partial charge in [0.05, 0.1) is 28.9 Å². The molecule has 7 heteroatoms. The number of aromatic amines is 1. The fraction of sp³-hybridized carbons (Fsp3) is 0.125. The molecule has 0 saturated heterocycles. The van der Waals surface area contributed by atoms with E-state index < -0.39 is 5.97 Å². The Bertz CT molecular complexity index is 879. The van der Waals surface area contributed by atoms with Crippen LogP contribution in [0.3, 0.4) is 0 Å². The Morgan fingerprint density at radius 3 is 2.96 bits per heavy atom. The van der Waals surface area contributed by atoms with Crippen molar-refractivity contribution in [2.45, 2.75) is 5.16 Å². The van der Waals surface area contributed by atoms with Crippen molar-refractivity contribution < 1.29 is 14.6 Å². The van der Waals surface area contributed by atoms with Crippen LogP contribution in [0.4, 0.5) is 0 Å². The first-order chi connectivity index (χ1) is 11.1. The number of hydrogen-bond acceptors (Lipinski definition) is 4. The lowest BCUT2D eigenvalue weighted by Crippen LogP contribution is -1.97. The lowest BCUT2D eigenvalue weighted by molar-refractivity contribution is -0.133. The van der Waals surface area contributed by atoms with Gasteiger partial charge in [0.15, 0.2) is 5.16 Å². The fourth-order valence-corrected chi connectivity index (χ4v) is 3.10. The van der Waals surface area contributed by atoms with Crippen LogP contribution in [0.5, 0.6) is 5.75 Å². The zero-order chi connectivity index (χ0) is 16.4. The molecule has 1 heterocycles. The first-order valence-corrected chi connectivity index (χ1v) is 8.11. The Kier molecular flexibility index (Phi) is 4.45. The molecule has 23 heavy (non-hydrogen) atoms. The average Bonchev–Trinajstić information content (AvgIpc) is 2.94. The standard InChI is InChI=1S/C16H13ClN2O3S/c1-22-10-4-2-3-9(5-10)11-6-13-14(7-12(11)17)19-16(18-13)23-8-15(20)21/h2-7H,8H2,1H3,(H,18,19)(H,20,21). The molecule has 5 nitrogen and oxygen atoms in total. The highest BCUT2D eigenvalue weighted by atomic mass is 35.5. The predicted octanol–water partition coefficient (Wildman–Crippen LogP) is 4.07. The summed E-state index contributed by atoms with van der Waals surface area (Å²) in [6.07, 6.45) is 0. The second kappa shape index (κ2) is 6.52. The van der Waals surface area contributed by atoms with Gasteiger partial charge in [-0.2, -0.15) is 0 Å². The third kappa shape index (κ3) is 3.43. The number of imidazole rings is 1. The van der Waals surface area contributed by atoms with E-state index in [1.807, 2.05) is 30.3 Å². The zero-order valence-corrected chi connectivity index (χ0v) is 13.7. The maximum Gasteiger partial charge on any atom is 0.313 e. The summed E-state index contributed by atoms with van der Waals surface area (Å²) in [4.78, 5) is 18.1. The zero-order valence-electron chi connectivity index (χ0n) is 12.2. The molecular weight excluding hydrogens is 336 g/mol. The second-order valence-corrected chi connectivity index (χ2v) is 6.18. The lowest BCUT2D eigenvalue weighted by atomic mass is 10.0. The number of H-pyrrole nitrogens is 1. The summed E-state index contributed by atoms with van der Waals surface area (Å²) in [5.41, 5.74) is 3.29. The summed E-state index contributed by atoms with van der Waals surface area (Å²) in [6, 6.07) is 11.3. The van der Waals surface area contributed by atoms with Crippen LogP contribution in [0, 0.1) is 0 Å². The summed E-state index contributed by atoms with van der Waals surface area (Å²) in [5.74, 6) is -0.181. The number of carboxylic acid groups (broad SMARTS) is 1. The largest absolute Gasteiger partial charge is 0.497 e. The van der Waals surface area contributed by atoms with Gasteiger partial charge in [0, 0.05) is 5.56 Å². The van der Waals surface area contributed by atoms with Crippen LogP contribution < -0.4 is 4.74 Å². The van der Waals surface area contributed by atoms with E-state index in [0.717, 1.165) is 39.7 Å². The number of carboxylic acids is 1. The topological polar surface area (TPSA) is 75.2 Å². The first-order valence-electron chi connectivity index (χ1n) is 6.75. The minimum atomic E-state index is -0.884. The van der Waals surface area contributed by atoms with Crippen LogP contribution in [0.2, 0.25) is 5.02 Å². The number of rotatable bonds is 5. The number of nitrogens with one attached hydrogen (secondary N) is 1. The highest BCUT2D eigenvalue weighted by molar-refractivity contribution is 7.99. The maximum absolute atomic E-state index is 10.6. The molecule has 0 aliphatic rings. The average molecular weight is 349 g/mol. The van der Waals surface area contributed by atoms with Gasteiger partial charge in [-0.05, 0) is 29.8 Å². The number of ether oxygens (including phenoxy) is 1. The molecule has 0 unspecified atom stereocenters. The summed E-state index contributed by atoms with van der Waals surface area (Å²) < 4.78 is 5.24. The minimum Gasteiger partial charge on any atom is -0.497 e. The molecule has 0 aliphatic carbocycles. The van der Waals surface area contributed by atoms with Crippen molar-refractivity contribution in [3.8, 4) is 16.9 Å². The van der Waals surface area contributed by atoms with Gasteiger partial charge in [0.1, 0.15) is 5.75 Å². The predicted molar refractivity (Wildman–Crippen MR) is 91.5 cm³/mol. The van der Waals surface area contributed by atoms with Gasteiger partial charge >= 0.3 is 5.97 Å². The number of aliphatic carboxylic acids is 1. The molecule has 0 amide bonds. The van der Waals surface area contributed by atoms with E-state index in [4.69, 9.17) is 21.4 Å². The van der Waals surface area contributed by atoms with Gasteiger partial charge in [0.2, 0.25) is 0 Å². The summed E-state index contributed by atoms with van der Waals surface area (Å²) in [6.45, 7) is 0. The van der Waals surface area contributed by atoms with Crippen LogP contribution >= 0.6 is 23.4 Å². The molecule has 1 aromatic heterocycles. The van der Waals surface area contributed by atoms with Crippen molar-refractivity contribution in [2.75, 3.05) is 12.9 Å². The van der Waals surface area contributed by atoms with Gasteiger partial charge in [-0.3, -0.25) is 4.79 Å². The minimum absolute atomic E-state index is 0.0453. The van der Waals surface area contributed by atoms with E-state index >= 15 is 0 Å². The molecule has 0 fully saturated rings. The monoisotopic (exact) mass is 348 g/mol. The van der Waals surface area contributed by atoms with E-state index in [1.165, 1.54) is 0 Å². The van der Waals surface area contributed by atoms with Gasteiger partial charge < -0.3 is 14.8 Å². The molecule has 0 aliphatic heterocycles. The van der Waals surface area contributed by atoms with Crippen LogP contribution in [0.15, 0.2) is 41.6 Å². The Balaban J connectivity index is 2.01. The molecule has 0 bridgehead atoms. The number of nitrogens with zero attached hydrogens (tertiary/aromatic N) is 1. The van der Waals surface area contributed by atoms with Crippen LogP contribution in [-0.4, -0.2) is 33.9 Å². The molecule has 2 aromatic carbocycles. The van der Waals surface area contributed by atoms with Gasteiger partial charge in [-0.15, -0.1) is 0 Å². The third-order valence-corrected chi connectivity index (χ3v) is 4.43. The van der Waals surface area contributed by atoms with Crippen molar-refractivity contribution in [1.29, 1.82) is 0 Å². The van der Waals surface area contributed by atoms with Gasteiger partial charge in [0.25, 0.3) is 0 Å². The Morgan fingerprint density at radius 1 is 1.39 bits per heavy atom. The first kappa shape index (κ1) is 15.7. The molecule has 0 saturated carbocycles. The van der Waals surface area contributed by atoms with E-state index in [2.05, 4.69) is 9.97 Å². The number of thioether (sulfide) groups is 1. The summed E-state index contributed by atoms with van der Waals surface area (Å²) in [5, 5.41) is 9.88. The molecule has 0 radical (unpaired) electrons. The molecular formula is C16H13ClN2O3S. The maximum atomic E-state index is 10.6. The molecule has 2 N–H and O–H groups in total. The molecule has 0 atom stereocenters. The van der Waals surface area contributed by atoms with Crippen LogP contribution in [0.25, 0.3) is 22.2 Å². The Labute approximate surface area is 141 Å². The molecule has 3 aromatic rings. The Hall–Kier alpha value is -2.18. The summed E-state index contributed by atoms with van der Waals surface area (Å²) >= 11 is 7.52. The van der Waals surface area contributed by atoms with E-state index in [9.17, 15) is 4.79 Å². The molecule has 3 rings (SSSR count). The van der Waals surface area contributed by atoms with Gasteiger partial charge in [-0.1, -0.05) is 35.5 Å². The van der Waals surface area contributed by atoms with Gasteiger partial charge in [-0.25, -0.2) is 4.98 Å². The van der Waals surface area contributed by atoms with Crippen LogP contribution in [-0.2, 0) is 4.79 Å².